The first kappa shape index (κ1) is 13.2. The van der Waals surface area contributed by atoms with Gasteiger partial charge in [-0.2, -0.15) is 11.8 Å². The minimum atomic E-state index is 0.432. The Kier molecular flexibility index (Phi) is 4.36. The molecule has 0 aromatic carbocycles. The van der Waals surface area contributed by atoms with Gasteiger partial charge in [-0.1, -0.05) is 12.8 Å². The minimum Gasteiger partial charge on any atom is -0.368 e. The van der Waals surface area contributed by atoms with E-state index in [1.54, 1.807) is 0 Å². The van der Waals surface area contributed by atoms with Crippen molar-refractivity contribution in [2.24, 2.45) is 0 Å². The molecule has 0 atom stereocenters. The van der Waals surface area contributed by atoms with E-state index >= 15 is 0 Å². The lowest BCUT2D eigenvalue weighted by Gasteiger charge is -2.27. The molecular weight excluding hydrogens is 296 g/mol. The summed E-state index contributed by atoms with van der Waals surface area (Å²) < 4.78 is 1.47. The van der Waals surface area contributed by atoms with E-state index in [-0.39, 0.29) is 0 Å². The summed E-state index contributed by atoms with van der Waals surface area (Å²) in [6.45, 7) is 3.13. The number of aryl methyl sites for hydroxylation is 1. The van der Waals surface area contributed by atoms with Gasteiger partial charge in [0, 0.05) is 22.0 Å². The lowest BCUT2D eigenvalue weighted by molar-refractivity contribution is 0.638. The standard InChI is InChI=1S/C13H19BrN2S/c1-10-7-11(14)8-15-12(10)16-9-13(17-2)5-3-4-6-13/h7-8H,3-6,9H2,1-2H3,(H,15,16). The molecule has 4 heteroatoms. The van der Waals surface area contributed by atoms with E-state index in [1.165, 1.54) is 31.2 Å². The third-order valence-corrected chi connectivity index (χ3v) is 5.42. The molecule has 1 N–H and O–H groups in total. The highest BCUT2D eigenvalue weighted by Crippen LogP contribution is 2.40. The number of halogens is 1. The van der Waals surface area contributed by atoms with Crippen LogP contribution < -0.4 is 5.32 Å². The SMILES string of the molecule is CSC1(CNc2ncc(Br)cc2C)CCCC1. The molecule has 1 fully saturated rings. The van der Waals surface area contributed by atoms with Crippen LogP contribution in [0.25, 0.3) is 0 Å². The summed E-state index contributed by atoms with van der Waals surface area (Å²) in [6, 6.07) is 2.11. The number of nitrogens with one attached hydrogen (secondary N) is 1. The summed E-state index contributed by atoms with van der Waals surface area (Å²) in [4.78, 5) is 4.44. The molecule has 17 heavy (non-hydrogen) atoms. The van der Waals surface area contributed by atoms with Crippen LogP contribution in [-0.2, 0) is 0 Å². The predicted octanol–water partition coefficient (Wildman–Crippen LogP) is 4.24. The number of hydrogen-bond donors (Lipinski definition) is 1. The third-order valence-electron chi connectivity index (χ3n) is 3.57. The third kappa shape index (κ3) is 3.16. The molecule has 1 saturated carbocycles. The molecule has 94 valence electrons. The maximum Gasteiger partial charge on any atom is 0.128 e. The summed E-state index contributed by atoms with van der Waals surface area (Å²) >= 11 is 5.45. The van der Waals surface area contributed by atoms with Gasteiger partial charge >= 0.3 is 0 Å². The van der Waals surface area contributed by atoms with E-state index in [4.69, 9.17) is 0 Å². The molecule has 2 nitrogen and oxygen atoms in total. The van der Waals surface area contributed by atoms with Gasteiger partial charge in [0.2, 0.25) is 0 Å². The monoisotopic (exact) mass is 314 g/mol. The summed E-state index contributed by atoms with van der Waals surface area (Å²) in [5.41, 5.74) is 1.20. The zero-order chi connectivity index (χ0) is 12.3. The van der Waals surface area contributed by atoms with Crippen LogP contribution in [0, 0.1) is 6.92 Å². The highest BCUT2D eigenvalue weighted by Gasteiger charge is 2.32. The van der Waals surface area contributed by atoms with Gasteiger partial charge in [-0.25, -0.2) is 4.98 Å². The first-order chi connectivity index (χ1) is 8.15. The van der Waals surface area contributed by atoms with Crippen LogP contribution in [-0.4, -0.2) is 22.5 Å². The van der Waals surface area contributed by atoms with E-state index in [0.717, 1.165) is 16.8 Å². The zero-order valence-corrected chi connectivity index (χ0v) is 12.8. The molecule has 1 heterocycles. The molecule has 0 unspecified atom stereocenters. The Labute approximate surface area is 116 Å². The van der Waals surface area contributed by atoms with E-state index in [2.05, 4.69) is 45.5 Å². The van der Waals surface area contributed by atoms with E-state index in [1.807, 2.05) is 18.0 Å². The van der Waals surface area contributed by atoms with Gasteiger partial charge in [-0.05, 0) is 53.6 Å². The average Bonchev–Trinajstić information content (AvgIpc) is 2.77. The smallest absolute Gasteiger partial charge is 0.128 e. The van der Waals surface area contributed by atoms with Crippen LogP contribution in [0.3, 0.4) is 0 Å². The lowest BCUT2D eigenvalue weighted by atomic mass is 10.1. The maximum absolute atomic E-state index is 4.44. The highest BCUT2D eigenvalue weighted by molar-refractivity contribution is 9.10. The maximum atomic E-state index is 4.44. The quantitative estimate of drug-likeness (QED) is 0.899. The van der Waals surface area contributed by atoms with Crippen molar-refractivity contribution in [2.45, 2.75) is 37.4 Å². The first-order valence-corrected chi connectivity index (χ1v) is 8.08. The largest absolute Gasteiger partial charge is 0.368 e. The Morgan fingerprint density at radius 2 is 2.18 bits per heavy atom. The predicted molar refractivity (Wildman–Crippen MR) is 79.9 cm³/mol. The number of rotatable bonds is 4. The van der Waals surface area contributed by atoms with E-state index in [0.29, 0.717) is 4.75 Å². The summed E-state index contributed by atoms with van der Waals surface area (Å²) in [7, 11) is 0. The summed E-state index contributed by atoms with van der Waals surface area (Å²) in [6.07, 6.45) is 9.49. The first-order valence-electron chi connectivity index (χ1n) is 6.06. The van der Waals surface area contributed by atoms with Gasteiger partial charge in [-0.3, -0.25) is 0 Å². The van der Waals surface area contributed by atoms with Gasteiger partial charge < -0.3 is 5.32 Å². The van der Waals surface area contributed by atoms with Gasteiger partial charge in [0.05, 0.1) is 0 Å². The molecule has 0 spiro atoms. The van der Waals surface area contributed by atoms with Crippen molar-refractivity contribution in [3.63, 3.8) is 0 Å². The fraction of sp³-hybridized carbons (Fsp3) is 0.615. The molecule has 2 rings (SSSR count). The molecule has 0 saturated heterocycles. The second-order valence-electron chi connectivity index (χ2n) is 4.77. The van der Waals surface area contributed by atoms with Crippen molar-refractivity contribution in [1.29, 1.82) is 0 Å². The summed E-state index contributed by atoms with van der Waals surface area (Å²) in [5, 5.41) is 3.52. The van der Waals surface area contributed by atoms with Crippen LogP contribution in [0.15, 0.2) is 16.7 Å². The molecular formula is C13H19BrN2S. The highest BCUT2D eigenvalue weighted by atomic mass is 79.9. The molecule has 1 aliphatic carbocycles. The van der Waals surface area contributed by atoms with Gasteiger partial charge in [0.1, 0.15) is 5.82 Å². The Balaban J connectivity index is 2.01. The second kappa shape index (κ2) is 5.61. The number of nitrogens with zero attached hydrogens (tertiary/aromatic N) is 1. The molecule has 0 bridgehead atoms. The Morgan fingerprint density at radius 3 is 2.76 bits per heavy atom. The van der Waals surface area contributed by atoms with Gasteiger partial charge in [-0.15, -0.1) is 0 Å². The number of hydrogen-bond acceptors (Lipinski definition) is 3. The van der Waals surface area contributed by atoms with Gasteiger partial charge in [0.25, 0.3) is 0 Å². The lowest BCUT2D eigenvalue weighted by Crippen LogP contribution is -2.30. The van der Waals surface area contributed by atoms with Crippen LogP contribution in [0.1, 0.15) is 31.2 Å². The molecule has 1 aromatic heterocycles. The van der Waals surface area contributed by atoms with Crippen molar-refractivity contribution in [2.75, 3.05) is 18.1 Å². The fourth-order valence-corrected chi connectivity index (χ4v) is 3.80. The van der Waals surface area contributed by atoms with Crippen molar-refractivity contribution in [3.05, 3.63) is 22.3 Å². The van der Waals surface area contributed by atoms with Crippen molar-refractivity contribution in [3.8, 4) is 0 Å². The molecule has 0 aliphatic heterocycles. The second-order valence-corrected chi connectivity index (χ2v) is 6.96. The number of thioether (sulfide) groups is 1. The van der Waals surface area contributed by atoms with Crippen molar-refractivity contribution < 1.29 is 0 Å². The molecule has 0 radical (unpaired) electrons. The molecule has 1 aliphatic rings. The molecule has 0 amide bonds. The van der Waals surface area contributed by atoms with Gasteiger partial charge in [0.15, 0.2) is 0 Å². The number of anilines is 1. The topological polar surface area (TPSA) is 24.9 Å². The van der Waals surface area contributed by atoms with Crippen molar-refractivity contribution >= 4 is 33.5 Å². The zero-order valence-electron chi connectivity index (χ0n) is 10.4. The Bertz CT molecular complexity index is 389. The van der Waals surface area contributed by atoms with E-state index < -0.39 is 0 Å². The van der Waals surface area contributed by atoms with Crippen LogP contribution in [0.4, 0.5) is 5.82 Å². The van der Waals surface area contributed by atoms with Crippen LogP contribution in [0.5, 0.6) is 0 Å². The minimum absolute atomic E-state index is 0.432. The average molecular weight is 315 g/mol. The molecule has 1 aromatic rings. The Morgan fingerprint density at radius 1 is 1.47 bits per heavy atom. The number of aromatic nitrogens is 1. The normalized spacial score (nSPS) is 18.3. The fourth-order valence-electron chi connectivity index (χ4n) is 2.44. The van der Waals surface area contributed by atoms with E-state index in [9.17, 15) is 0 Å². The summed E-state index contributed by atoms with van der Waals surface area (Å²) in [5.74, 6) is 1.02. The number of pyridine rings is 1. The van der Waals surface area contributed by atoms with Crippen LogP contribution >= 0.6 is 27.7 Å². The Hall–Kier alpha value is -0.220. The van der Waals surface area contributed by atoms with Crippen molar-refractivity contribution in [1.82, 2.24) is 4.98 Å². The van der Waals surface area contributed by atoms with Crippen LogP contribution in [0.2, 0.25) is 0 Å².